The smallest absolute Gasteiger partial charge is 0.238 e. The van der Waals surface area contributed by atoms with E-state index in [0.717, 1.165) is 4.47 Å². The van der Waals surface area contributed by atoms with Gasteiger partial charge in [0.25, 0.3) is 0 Å². The molecular formula is C9H5BrO2S. The first kappa shape index (κ1) is 8.72. The number of hydrogen-bond acceptors (Lipinski definition) is 3. The molecule has 0 aliphatic rings. The molecule has 2 nitrogen and oxygen atoms in total. The molecule has 2 aromatic rings. The van der Waals surface area contributed by atoms with Gasteiger partial charge in [0.1, 0.15) is 0 Å². The second-order valence-electron chi connectivity index (χ2n) is 2.44. The first-order chi connectivity index (χ1) is 6.27. The summed E-state index contributed by atoms with van der Waals surface area (Å²) in [5.74, 6) is 0.315. The van der Waals surface area contributed by atoms with Gasteiger partial charge in [-0.15, -0.1) is 11.3 Å². The number of rotatable bonds is 2. The summed E-state index contributed by atoms with van der Waals surface area (Å²) < 4.78 is 5.92. The van der Waals surface area contributed by atoms with Crippen LogP contribution in [0, 0.1) is 0 Å². The van der Waals surface area contributed by atoms with Gasteiger partial charge in [-0.05, 0) is 34.1 Å². The molecule has 0 amide bonds. The summed E-state index contributed by atoms with van der Waals surface area (Å²) >= 11 is 4.69. The van der Waals surface area contributed by atoms with Crippen LogP contribution in [-0.4, -0.2) is 5.78 Å². The number of hydrogen-bond donors (Lipinski definition) is 0. The number of thiophene rings is 1. The van der Waals surface area contributed by atoms with Crippen molar-refractivity contribution in [3.05, 3.63) is 45.0 Å². The van der Waals surface area contributed by atoms with Gasteiger partial charge in [-0.2, -0.15) is 0 Å². The number of ketones is 1. The van der Waals surface area contributed by atoms with Crippen LogP contribution in [-0.2, 0) is 0 Å². The summed E-state index contributed by atoms with van der Waals surface area (Å²) in [7, 11) is 0. The van der Waals surface area contributed by atoms with E-state index in [-0.39, 0.29) is 5.78 Å². The Morgan fingerprint density at radius 3 is 2.92 bits per heavy atom. The fourth-order valence-corrected chi connectivity index (χ4v) is 2.33. The summed E-state index contributed by atoms with van der Waals surface area (Å²) in [5, 5.41) is 1.87. The molecule has 0 aromatic carbocycles. The third kappa shape index (κ3) is 1.73. The minimum Gasteiger partial charge on any atom is -0.461 e. The van der Waals surface area contributed by atoms with Gasteiger partial charge in [-0.1, -0.05) is 0 Å². The van der Waals surface area contributed by atoms with Gasteiger partial charge in [0.15, 0.2) is 5.76 Å². The molecule has 0 atom stereocenters. The van der Waals surface area contributed by atoms with Crippen molar-refractivity contribution in [3.8, 4) is 0 Å². The van der Waals surface area contributed by atoms with E-state index in [0.29, 0.717) is 10.6 Å². The zero-order chi connectivity index (χ0) is 9.26. The van der Waals surface area contributed by atoms with Crippen molar-refractivity contribution in [2.45, 2.75) is 0 Å². The quantitative estimate of drug-likeness (QED) is 0.772. The average Bonchev–Trinajstić information content (AvgIpc) is 2.72. The maximum atomic E-state index is 11.6. The van der Waals surface area contributed by atoms with Crippen molar-refractivity contribution in [2.24, 2.45) is 0 Å². The molecular weight excluding hydrogens is 252 g/mol. The molecule has 0 aliphatic heterocycles. The lowest BCUT2D eigenvalue weighted by Crippen LogP contribution is -1.95. The molecule has 13 heavy (non-hydrogen) atoms. The van der Waals surface area contributed by atoms with Crippen molar-refractivity contribution >= 4 is 33.0 Å². The number of carbonyl (C=O) groups is 1. The molecule has 0 N–H and O–H groups in total. The average molecular weight is 257 g/mol. The van der Waals surface area contributed by atoms with E-state index in [1.807, 2.05) is 5.38 Å². The SMILES string of the molecule is O=C(c1ccco1)c1cc(Br)cs1. The topological polar surface area (TPSA) is 30.2 Å². The van der Waals surface area contributed by atoms with Crippen LogP contribution in [0.3, 0.4) is 0 Å². The van der Waals surface area contributed by atoms with Gasteiger partial charge in [0, 0.05) is 9.85 Å². The second-order valence-corrected chi connectivity index (χ2v) is 4.26. The molecule has 0 bridgehead atoms. The van der Waals surface area contributed by atoms with Crippen molar-refractivity contribution in [3.63, 3.8) is 0 Å². The maximum Gasteiger partial charge on any atom is 0.238 e. The zero-order valence-electron chi connectivity index (χ0n) is 6.49. The minimum absolute atomic E-state index is 0.0688. The van der Waals surface area contributed by atoms with E-state index in [4.69, 9.17) is 4.42 Å². The Hall–Kier alpha value is -0.870. The normalized spacial score (nSPS) is 10.2. The van der Waals surface area contributed by atoms with Crippen molar-refractivity contribution in [1.82, 2.24) is 0 Å². The largest absolute Gasteiger partial charge is 0.461 e. The van der Waals surface area contributed by atoms with Crippen LogP contribution < -0.4 is 0 Å². The fourth-order valence-electron chi connectivity index (χ4n) is 0.961. The highest BCUT2D eigenvalue weighted by atomic mass is 79.9. The Kier molecular flexibility index (Phi) is 2.33. The molecule has 0 unspecified atom stereocenters. The van der Waals surface area contributed by atoms with Crippen molar-refractivity contribution in [2.75, 3.05) is 0 Å². The molecule has 2 aromatic heterocycles. The van der Waals surface area contributed by atoms with Crippen molar-refractivity contribution in [1.29, 1.82) is 0 Å². The first-order valence-corrected chi connectivity index (χ1v) is 5.27. The van der Waals surface area contributed by atoms with Crippen LogP contribution in [0.2, 0.25) is 0 Å². The van der Waals surface area contributed by atoms with Crippen LogP contribution in [0.5, 0.6) is 0 Å². The molecule has 2 heterocycles. The van der Waals surface area contributed by atoms with Gasteiger partial charge >= 0.3 is 0 Å². The third-order valence-corrected chi connectivity index (χ3v) is 3.23. The van der Waals surface area contributed by atoms with E-state index >= 15 is 0 Å². The Morgan fingerprint density at radius 2 is 2.38 bits per heavy atom. The Bertz CT molecular complexity index is 417. The standard InChI is InChI=1S/C9H5BrO2S/c10-6-4-8(13-5-6)9(11)7-2-1-3-12-7/h1-5H. The second kappa shape index (κ2) is 3.47. The van der Waals surface area contributed by atoms with Gasteiger partial charge in [-0.25, -0.2) is 0 Å². The third-order valence-electron chi connectivity index (χ3n) is 1.54. The minimum atomic E-state index is -0.0688. The van der Waals surface area contributed by atoms with E-state index < -0.39 is 0 Å². The van der Waals surface area contributed by atoms with Crippen LogP contribution in [0.25, 0.3) is 0 Å². The maximum absolute atomic E-state index is 11.6. The Labute approximate surface area is 87.3 Å². The summed E-state index contributed by atoms with van der Waals surface area (Å²) in [4.78, 5) is 12.3. The number of furan rings is 1. The molecule has 0 aliphatic carbocycles. The highest BCUT2D eigenvalue weighted by molar-refractivity contribution is 9.10. The lowest BCUT2D eigenvalue weighted by Gasteiger charge is -1.89. The lowest BCUT2D eigenvalue weighted by atomic mass is 10.2. The molecule has 66 valence electrons. The lowest BCUT2D eigenvalue weighted by molar-refractivity contribution is 0.101. The zero-order valence-corrected chi connectivity index (χ0v) is 8.89. The summed E-state index contributed by atoms with van der Waals surface area (Å²) in [6, 6.07) is 5.15. The summed E-state index contributed by atoms with van der Waals surface area (Å²) in [6.45, 7) is 0. The van der Waals surface area contributed by atoms with Crippen LogP contribution in [0.1, 0.15) is 15.4 Å². The molecule has 0 spiro atoms. The van der Waals surface area contributed by atoms with E-state index in [1.165, 1.54) is 17.6 Å². The highest BCUT2D eigenvalue weighted by Gasteiger charge is 2.13. The van der Waals surface area contributed by atoms with Gasteiger partial charge in [-0.3, -0.25) is 4.79 Å². The number of halogens is 1. The summed E-state index contributed by atoms with van der Waals surface area (Å²) in [5.41, 5.74) is 0. The predicted octanol–water partition coefficient (Wildman–Crippen LogP) is 3.33. The van der Waals surface area contributed by atoms with Crippen LogP contribution in [0.15, 0.2) is 38.7 Å². The molecule has 0 fully saturated rings. The van der Waals surface area contributed by atoms with E-state index in [1.54, 1.807) is 18.2 Å². The van der Waals surface area contributed by atoms with Gasteiger partial charge in [0.05, 0.1) is 11.1 Å². The van der Waals surface area contributed by atoms with E-state index in [9.17, 15) is 4.79 Å². The van der Waals surface area contributed by atoms with Crippen molar-refractivity contribution < 1.29 is 9.21 Å². The van der Waals surface area contributed by atoms with Gasteiger partial charge in [0.2, 0.25) is 5.78 Å². The Morgan fingerprint density at radius 1 is 1.54 bits per heavy atom. The fraction of sp³-hybridized carbons (Fsp3) is 0. The molecule has 4 heteroatoms. The highest BCUT2D eigenvalue weighted by Crippen LogP contribution is 2.22. The van der Waals surface area contributed by atoms with E-state index in [2.05, 4.69) is 15.9 Å². The van der Waals surface area contributed by atoms with Crippen LogP contribution >= 0.6 is 27.3 Å². The molecule has 0 saturated heterocycles. The molecule has 0 radical (unpaired) electrons. The van der Waals surface area contributed by atoms with Gasteiger partial charge < -0.3 is 4.42 Å². The van der Waals surface area contributed by atoms with Crippen LogP contribution in [0.4, 0.5) is 0 Å². The Balaban J connectivity index is 2.33. The number of carbonyl (C=O) groups excluding carboxylic acids is 1. The first-order valence-electron chi connectivity index (χ1n) is 3.59. The monoisotopic (exact) mass is 256 g/mol. The summed E-state index contributed by atoms with van der Waals surface area (Å²) in [6.07, 6.45) is 1.50. The molecule has 2 rings (SSSR count). The molecule has 0 saturated carbocycles. The predicted molar refractivity (Wildman–Crippen MR) is 54.2 cm³/mol.